The molecule has 7 atom stereocenters. The van der Waals surface area contributed by atoms with E-state index in [0.29, 0.717) is 6.42 Å². The zero-order valence-electron chi connectivity index (χ0n) is 44.0. The number of carboxylic acids is 1. The smallest absolute Gasteiger partial charge is 0.326 e. The Morgan fingerprint density at radius 1 is 0.282 bits per heavy atom. The van der Waals surface area contributed by atoms with Crippen molar-refractivity contribution < 1.29 is 38.7 Å². The van der Waals surface area contributed by atoms with Crippen molar-refractivity contribution in [2.75, 3.05) is 45.8 Å². The number of nitrogens with two attached hydrogens (primary N) is 15. The molecule has 0 aliphatic heterocycles. The third kappa shape index (κ3) is 34.6. The molecule has 37 N–H and O–H groups in total. The molecular formula is C42H86N28O8. The van der Waals surface area contributed by atoms with Crippen molar-refractivity contribution in [2.45, 2.75) is 132 Å². The highest BCUT2D eigenvalue weighted by Gasteiger charge is 2.33. The summed E-state index contributed by atoms with van der Waals surface area (Å²) >= 11 is 0. The number of guanidine groups is 7. The molecule has 0 spiro atoms. The Labute approximate surface area is 451 Å². The van der Waals surface area contributed by atoms with Crippen LogP contribution >= 0.6 is 0 Å². The first-order chi connectivity index (χ1) is 36.7. The maximum absolute atomic E-state index is 14.4. The summed E-state index contributed by atoms with van der Waals surface area (Å²) in [6.07, 6.45) is 0.582. The Bertz CT molecular complexity index is 2110. The van der Waals surface area contributed by atoms with E-state index in [1.807, 2.05) is 0 Å². The lowest BCUT2D eigenvalue weighted by Gasteiger charge is -2.28. The summed E-state index contributed by atoms with van der Waals surface area (Å²) in [5.41, 5.74) is 82.7. The van der Waals surface area contributed by atoms with Crippen LogP contribution in [0.15, 0.2) is 34.9 Å². The first kappa shape index (κ1) is 69.1. The number of carbonyl (C=O) groups is 7. The fourth-order valence-corrected chi connectivity index (χ4v) is 6.91. The summed E-state index contributed by atoms with van der Waals surface area (Å²) in [6.45, 7) is 0.333. The molecule has 442 valence electrons. The molecule has 0 aliphatic carbocycles. The minimum atomic E-state index is -1.46. The molecule has 6 amide bonds. The maximum Gasteiger partial charge on any atom is 0.326 e. The quantitative estimate of drug-likeness (QED) is 0.0154. The third-order valence-corrected chi connectivity index (χ3v) is 10.8. The fourth-order valence-electron chi connectivity index (χ4n) is 6.91. The van der Waals surface area contributed by atoms with Gasteiger partial charge in [-0.25, -0.2) is 4.79 Å². The van der Waals surface area contributed by atoms with E-state index < -0.39 is 83.7 Å². The summed E-state index contributed by atoms with van der Waals surface area (Å²) in [7, 11) is 0. The van der Waals surface area contributed by atoms with Gasteiger partial charge < -0.3 is 123 Å². The van der Waals surface area contributed by atoms with Gasteiger partial charge in [0.2, 0.25) is 35.4 Å². The van der Waals surface area contributed by atoms with Crippen LogP contribution in [0.5, 0.6) is 0 Å². The highest BCUT2D eigenvalue weighted by atomic mass is 16.4. The minimum Gasteiger partial charge on any atom is -0.480 e. The largest absolute Gasteiger partial charge is 0.480 e. The van der Waals surface area contributed by atoms with Crippen molar-refractivity contribution in [1.29, 1.82) is 0 Å². The molecule has 0 radical (unpaired) electrons. The van der Waals surface area contributed by atoms with Gasteiger partial charge in [0.1, 0.15) is 36.3 Å². The topological polar surface area (TPSA) is 689 Å². The van der Waals surface area contributed by atoms with Crippen LogP contribution < -0.4 is 118 Å². The van der Waals surface area contributed by atoms with E-state index in [2.05, 4.69) is 66.8 Å². The van der Waals surface area contributed by atoms with Gasteiger partial charge in [0, 0.05) is 45.8 Å². The standard InChI is InChI=1S/C42H86N28O8/c43-22(8-1-15-58-36(44)45)29(71)65-23(9-2-16-59-37(46)47)30(72)66-24(10-3-17-60-38(48)49)31(73)67-25(11-4-18-61-39(50)51)32(74)68-26(12-5-19-62-40(52)53)33(75)69-27(13-6-20-63-41(54)55)34(76)70-28(35(77)78)14-7-21-64-42(56)57/h22-28H,1-21,43H2,(H,65,71)(H,66,72)(H,67,73)(H,68,74)(H,69,75)(H,70,76)(H,77,78)(H4,44,45,58)(H4,46,47,59)(H4,48,49,60)(H4,50,51,61)(H4,52,53,62)(H4,54,55,63)(H4,56,57,64)/t22-,23-,24-,25-,26-,27-,28-/m1/s1. The second-order valence-electron chi connectivity index (χ2n) is 17.5. The number of amides is 6. The predicted molar refractivity (Wildman–Crippen MR) is 297 cm³/mol. The summed E-state index contributed by atoms with van der Waals surface area (Å²) in [5.74, 6) is -8.11. The van der Waals surface area contributed by atoms with E-state index in [0.717, 1.165) is 0 Å². The molecule has 0 saturated heterocycles. The first-order valence-corrected chi connectivity index (χ1v) is 24.9. The lowest BCUT2D eigenvalue weighted by atomic mass is 10.0. The molecule has 36 nitrogen and oxygen atoms in total. The van der Waals surface area contributed by atoms with Gasteiger partial charge >= 0.3 is 5.97 Å². The van der Waals surface area contributed by atoms with Gasteiger partial charge in [-0.3, -0.25) is 63.7 Å². The highest BCUT2D eigenvalue weighted by molar-refractivity contribution is 5.97. The second kappa shape index (κ2) is 39.5. The van der Waals surface area contributed by atoms with Crippen LogP contribution in [0.4, 0.5) is 0 Å². The summed E-state index contributed by atoms with van der Waals surface area (Å²) in [4.78, 5) is 124. The zero-order valence-corrected chi connectivity index (χ0v) is 44.0. The molecule has 0 bridgehead atoms. The number of nitrogens with one attached hydrogen (secondary N) is 6. The number of hydrogen-bond acceptors (Lipinski definition) is 15. The van der Waals surface area contributed by atoms with Gasteiger partial charge in [-0.2, -0.15) is 0 Å². The molecule has 0 rings (SSSR count). The Hall–Kier alpha value is -8.86. The van der Waals surface area contributed by atoms with Crippen molar-refractivity contribution in [1.82, 2.24) is 31.9 Å². The number of rotatable bonds is 41. The van der Waals surface area contributed by atoms with Crippen molar-refractivity contribution in [3.05, 3.63) is 0 Å². The molecule has 36 heteroatoms. The number of aliphatic carboxylic acids is 1. The molecule has 0 aromatic heterocycles. The molecule has 0 aromatic rings. The first-order valence-electron chi connectivity index (χ1n) is 24.9. The summed E-state index contributed by atoms with van der Waals surface area (Å²) in [6, 6.07) is -9.55. The van der Waals surface area contributed by atoms with Gasteiger partial charge in [0.15, 0.2) is 41.7 Å². The number of hydrogen-bond donors (Lipinski definition) is 22. The van der Waals surface area contributed by atoms with Gasteiger partial charge in [-0.15, -0.1) is 0 Å². The van der Waals surface area contributed by atoms with Crippen LogP contribution in [-0.4, -0.2) is 176 Å². The minimum absolute atomic E-state index is 0.00837. The maximum atomic E-state index is 14.4. The van der Waals surface area contributed by atoms with E-state index in [-0.39, 0.29) is 171 Å². The monoisotopic (exact) mass is 1110 g/mol. The lowest BCUT2D eigenvalue weighted by molar-refractivity contribution is -0.142. The van der Waals surface area contributed by atoms with E-state index in [1.165, 1.54) is 0 Å². The SMILES string of the molecule is NC(N)=NCCC[C@@H](N)C(=O)N[C@H](CCCN=C(N)N)C(=O)N[C@H](CCCN=C(N)N)C(=O)N[C@H](CCCN=C(N)N)C(=O)N[C@H](CCCN=C(N)N)C(=O)N[C@H](CCCN=C(N)N)C(=O)N[C@H](CCCN=C(N)N)C(=O)O. The third-order valence-electron chi connectivity index (χ3n) is 10.8. The molecule has 78 heavy (non-hydrogen) atoms. The average Bonchev–Trinajstić information content (AvgIpc) is 3.34. The Kier molecular flexibility index (Phi) is 35.0. The number of nitrogens with zero attached hydrogens (tertiary/aromatic N) is 7. The van der Waals surface area contributed by atoms with Crippen LogP contribution in [-0.2, 0) is 33.6 Å². The molecule has 0 aliphatic rings. The Morgan fingerprint density at radius 2 is 0.449 bits per heavy atom. The van der Waals surface area contributed by atoms with E-state index in [4.69, 9.17) is 86.0 Å². The molecule has 0 fully saturated rings. The average molecular weight is 1110 g/mol. The van der Waals surface area contributed by atoms with E-state index in [9.17, 15) is 38.7 Å². The highest BCUT2D eigenvalue weighted by Crippen LogP contribution is 2.10. The van der Waals surface area contributed by atoms with E-state index in [1.54, 1.807) is 0 Å². The van der Waals surface area contributed by atoms with Crippen LogP contribution in [0.1, 0.15) is 89.9 Å². The molecule has 0 unspecified atom stereocenters. The lowest BCUT2D eigenvalue weighted by Crippen LogP contribution is -2.59. The van der Waals surface area contributed by atoms with Gasteiger partial charge in [-0.1, -0.05) is 0 Å². The van der Waals surface area contributed by atoms with Crippen molar-refractivity contribution in [3.8, 4) is 0 Å². The predicted octanol–water partition coefficient (Wildman–Crippen LogP) is -10.3. The second-order valence-corrected chi connectivity index (χ2v) is 17.5. The molecule has 0 heterocycles. The molecule has 0 saturated carbocycles. The number of aliphatic imine (C=N–C) groups is 7. The normalized spacial score (nSPS) is 13.2. The summed E-state index contributed by atoms with van der Waals surface area (Å²) in [5, 5.41) is 25.5. The molecular weight excluding hydrogens is 1020 g/mol. The summed E-state index contributed by atoms with van der Waals surface area (Å²) < 4.78 is 0. The van der Waals surface area contributed by atoms with Gasteiger partial charge in [0.25, 0.3) is 0 Å². The van der Waals surface area contributed by atoms with Crippen LogP contribution in [0, 0.1) is 0 Å². The Balaban J connectivity index is 7.16. The number of carboxylic acid groups (broad SMARTS) is 1. The van der Waals surface area contributed by atoms with Crippen LogP contribution in [0.2, 0.25) is 0 Å². The Morgan fingerprint density at radius 3 is 0.641 bits per heavy atom. The van der Waals surface area contributed by atoms with Crippen molar-refractivity contribution in [2.24, 2.45) is 121 Å². The van der Waals surface area contributed by atoms with Crippen molar-refractivity contribution in [3.63, 3.8) is 0 Å². The van der Waals surface area contributed by atoms with Crippen LogP contribution in [0.25, 0.3) is 0 Å². The van der Waals surface area contributed by atoms with Gasteiger partial charge in [-0.05, 0) is 89.9 Å². The zero-order chi connectivity index (χ0) is 59.2. The van der Waals surface area contributed by atoms with E-state index >= 15 is 0 Å². The number of carbonyl (C=O) groups excluding carboxylic acids is 6. The van der Waals surface area contributed by atoms with Crippen LogP contribution in [0.3, 0.4) is 0 Å². The fraction of sp³-hybridized carbons (Fsp3) is 0.667. The molecule has 0 aromatic carbocycles. The van der Waals surface area contributed by atoms with Gasteiger partial charge in [0.05, 0.1) is 6.04 Å². The van der Waals surface area contributed by atoms with Crippen molar-refractivity contribution >= 4 is 83.1 Å².